The summed E-state index contributed by atoms with van der Waals surface area (Å²) in [7, 11) is -1.23. The van der Waals surface area contributed by atoms with Crippen LogP contribution in [0.2, 0.25) is 19.6 Å². The summed E-state index contributed by atoms with van der Waals surface area (Å²) in [5, 5.41) is 3.81. The van der Waals surface area contributed by atoms with Gasteiger partial charge in [-0.3, -0.25) is 0 Å². The molecule has 0 saturated heterocycles. The Balaban J connectivity index is 0.000000224. The molecular formula is C41H38IrN2SSi-2. The van der Waals surface area contributed by atoms with E-state index in [1.165, 1.54) is 31.8 Å². The molecule has 0 aliphatic carbocycles. The first-order chi connectivity index (χ1) is 22.5. The molecule has 0 aliphatic heterocycles. The van der Waals surface area contributed by atoms with E-state index >= 15 is 0 Å². The van der Waals surface area contributed by atoms with Crippen molar-refractivity contribution in [1.29, 1.82) is 0 Å². The average Bonchev–Trinajstić information content (AvgIpc) is 3.47. The number of pyridine rings is 2. The maximum absolute atomic E-state index is 8.47. The Labute approximate surface area is 294 Å². The fraction of sp³-hybridized carbons (Fsp3) is 0.171. The molecule has 0 unspecified atom stereocenters. The molecule has 4 aromatic carbocycles. The largest absolute Gasteiger partial charge is 0.305 e. The number of aromatic nitrogens is 2. The van der Waals surface area contributed by atoms with Crippen LogP contribution in [0.25, 0.3) is 53.8 Å². The third kappa shape index (κ3) is 7.79. The van der Waals surface area contributed by atoms with E-state index < -0.39 is 14.4 Å². The molecule has 2 nitrogen and oxygen atoms in total. The average molecular weight is 813 g/mol. The van der Waals surface area contributed by atoms with Gasteiger partial charge >= 0.3 is 0 Å². The zero-order chi connectivity index (χ0) is 33.2. The number of rotatable bonds is 6. The van der Waals surface area contributed by atoms with Gasteiger partial charge in [0.1, 0.15) is 0 Å². The van der Waals surface area contributed by atoms with E-state index in [1.807, 2.05) is 62.5 Å². The molecule has 5 heteroatoms. The van der Waals surface area contributed by atoms with Gasteiger partial charge in [-0.05, 0) is 68.3 Å². The van der Waals surface area contributed by atoms with Gasteiger partial charge in [0.25, 0.3) is 0 Å². The molecule has 0 spiro atoms. The van der Waals surface area contributed by atoms with Gasteiger partial charge in [0.2, 0.25) is 0 Å². The van der Waals surface area contributed by atoms with Gasteiger partial charge in [0.05, 0.1) is 8.07 Å². The van der Waals surface area contributed by atoms with Gasteiger partial charge in [-0.25, -0.2) is 0 Å². The normalized spacial score (nSPS) is 12.2. The van der Waals surface area contributed by atoms with Crippen molar-refractivity contribution in [2.75, 3.05) is 0 Å². The van der Waals surface area contributed by atoms with Crippen molar-refractivity contribution in [3.8, 4) is 33.6 Å². The van der Waals surface area contributed by atoms with Crippen LogP contribution < -0.4 is 5.19 Å². The smallest absolute Gasteiger partial charge is 0.0795 e. The van der Waals surface area contributed by atoms with Crippen LogP contribution in [-0.2, 0) is 26.5 Å². The zero-order valence-corrected chi connectivity index (χ0v) is 31.0. The van der Waals surface area contributed by atoms with Crippen molar-refractivity contribution < 1.29 is 22.8 Å². The van der Waals surface area contributed by atoms with Crippen molar-refractivity contribution >= 4 is 44.8 Å². The molecule has 7 aromatic rings. The monoisotopic (exact) mass is 813 g/mol. The molecule has 46 heavy (non-hydrogen) atoms. The number of fused-ring (bicyclic) bond motifs is 3. The van der Waals surface area contributed by atoms with E-state index in [9.17, 15) is 0 Å². The van der Waals surface area contributed by atoms with Crippen molar-refractivity contribution in [3.05, 3.63) is 139 Å². The van der Waals surface area contributed by atoms with E-state index in [-0.39, 0.29) is 26.0 Å². The molecule has 3 aromatic heterocycles. The maximum Gasteiger partial charge on any atom is 0.0795 e. The quantitative estimate of drug-likeness (QED) is 0.123. The predicted molar refractivity (Wildman–Crippen MR) is 197 cm³/mol. The minimum absolute atomic E-state index is 0. The molecule has 0 fully saturated rings. The third-order valence-electron chi connectivity index (χ3n) is 7.62. The van der Waals surface area contributed by atoms with Gasteiger partial charge in [-0.2, -0.15) is 11.3 Å². The van der Waals surface area contributed by atoms with Gasteiger partial charge in [-0.15, -0.1) is 59.7 Å². The molecule has 0 bridgehead atoms. The Morgan fingerprint density at radius 3 is 2.26 bits per heavy atom. The summed E-state index contributed by atoms with van der Waals surface area (Å²) in [6.45, 7) is 10.8. The Kier molecular flexibility index (Phi) is 9.93. The van der Waals surface area contributed by atoms with Crippen LogP contribution in [0.15, 0.2) is 122 Å². The van der Waals surface area contributed by atoms with E-state index in [0.29, 0.717) is 5.56 Å². The summed E-state index contributed by atoms with van der Waals surface area (Å²) in [5.74, 6) is -0.122. The van der Waals surface area contributed by atoms with Crippen molar-refractivity contribution in [2.45, 2.75) is 39.9 Å². The number of nitrogens with zero attached hydrogens (tertiary/aromatic N) is 2. The van der Waals surface area contributed by atoms with Crippen LogP contribution in [0.3, 0.4) is 0 Å². The minimum Gasteiger partial charge on any atom is -0.305 e. The molecular weight excluding hydrogens is 773 g/mol. The van der Waals surface area contributed by atoms with Crippen molar-refractivity contribution in [2.24, 2.45) is 5.92 Å². The molecule has 7 rings (SSSR count). The molecule has 1 radical (unpaired) electrons. The zero-order valence-electron chi connectivity index (χ0n) is 28.8. The number of hydrogen-bond acceptors (Lipinski definition) is 3. The van der Waals surface area contributed by atoms with Gasteiger partial charge in [-0.1, -0.05) is 99.0 Å². The van der Waals surface area contributed by atoms with Crippen molar-refractivity contribution in [3.63, 3.8) is 0 Å². The summed E-state index contributed by atoms with van der Waals surface area (Å²) in [4.78, 5) is 9.10. The van der Waals surface area contributed by atoms with Crippen LogP contribution in [-0.4, -0.2) is 18.0 Å². The SMILES string of the molecule is C[Si](C)(C)c1ccc(-c2[c-]cccc2)nc1.[2H]C([2H])(c1ccnc(-c2[c-]ccc3c2sc2ccc(-c4ccccc4)cc23)c1)C(C)C.[Ir]. The van der Waals surface area contributed by atoms with Gasteiger partial charge in [0, 0.05) is 39.9 Å². The Morgan fingerprint density at radius 1 is 0.761 bits per heavy atom. The second-order valence-corrected chi connectivity index (χ2v) is 18.6. The second-order valence-electron chi connectivity index (χ2n) is 12.5. The first-order valence-electron chi connectivity index (χ1n) is 16.4. The molecule has 0 saturated carbocycles. The molecule has 0 N–H and O–H groups in total. The van der Waals surface area contributed by atoms with E-state index in [2.05, 4.69) is 102 Å². The molecule has 3 heterocycles. The predicted octanol–water partition coefficient (Wildman–Crippen LogP) is 10.9. The molecule has 0 amide bonds. The van der Waals surface area contributed by atoms with Crippen LogP contribution in [0, 0.1) is 18.1 Å². The van der Waals surface area contributed by atoms with E-state index in [0.717, 1.165) is 27.2 Å². The summed E-state index contributed by atoms with van der Waals surface area (Å²) in [6.07, 6.45) is 2.32. The van der Waals surface area contributed by atoms with Crippen LogP contribution >= 0.6 is 11.3 Å². The summed E-state index contributed by atoms with van der Waals surface area (Å²) in [6, 6.07) is 43.6. The van der Waals surface area contributed by atoms with Crippen LogP contribution in [0.4, 0.5) is 0 Å². The van der Waals surface area contributed by atoms with Gasteiger partial charge < -0.3 is 9.97 Å². The molecule has 233 valence electrons. The Morgan fingerprint density at radius 2 is 1.57 bits per heavy atom. The summed E-state index contributed by atoms with van der Waals surface area (Å²) < 4.78 is 19.3. The molecule has 0 aliphatic rings. The topological polar surface area (TPSA) is 25.8 Å². The number of benzene rings is 4. The standard InChI is InChI=1S/C27H22NS.C14H16NSi.Ir/c1-18(2)15-19-13-14-28-25(16-19)23-10-6-9-22-24-17-21(20-7-4-3-5-8-20)11-12-26(24)29-27(22)23;1-16(2,3)13-9-10-14(15-11-13)12-7-5-4-6-8-12;/h3-9,11-14,16-18H,15H2,1-2H3;4-7,9-11H,1-3H3;/q2*-1;/i15D2;;. The Bertz CT molecular complexity index is 2120. The van der Waals surface area contributed by atoms with E-state index in [4.69, 9.17) is 2.74 Å². The fourth-order valence-corrected chi connectivity index (χ4v) is 7.51. The fourth-order valence-electron chi connectivity index (χ4n) is 5.28. The van der Waals surface area contributed by atoms with E-state index in [1.54, 1.807) is 23.6 Å². The second kappa shape index (κ2) is 14.8. The minimum atomic E-state index is -1.41. The Hall–Kier alpha value is -3.73. The third-order valence-corrected chi connectivity index (χ3v) is 10.9. The summed E-state index contributed by atoms with van der Waals surface area (Å²) in [5.41, 5.74) is 6.82. The molecule has 0 atom stereocenters. The van der Waals surface area contributed by atoms with Crippen LogP contribution in [0.5, 0.6) is 0 Å². The number of thiophene rings is 1. The number of hydrogen-bond donors (Lipinski definition) is 0. The first-order valence-corrected chi connectivity index (χ1v) is 19.7. The first kappa shape index (κ1) is 30.9. The van der Waals surface area contributed by atoms with Crippen LogP contribution in [0.1, 0.15) is 22.2 Å². The van der Waals surface area contributed by atoms with Gasteiger partial charge in [0.15, 0.2) is 0 Å². The van der Waals surface area contributed by atoms with Crippen molar-refractivity contribution in [1.82, 2.24) is 9.97 Å². The summed E-state index contributed by atoms with van der Waals surface area (Å²) >= 11 is 1.74. The maximum atomic E-state index is 8.47.